The first-order valence-corrected chi connectivity index (χ1v) is 13.0. The molecule has 15 heteroatoms. The lowest BCUT2D eigenvalue weighted by molar-refractivity contribution is -0.160. The third-order valence-electron chi connectivity index (χ3n) is 4.41. The molecule has 1 unspecified atom stereocenters. The van der Waals surface area contributed by atoms with Crippen LogP contribution in [-0.2, 0) is 28.8 Å². The number of ether oxygens (including phenoxy) is 1. The number of fused-ring (bicyclic) bond motifs is 1. The number of amides is 2. The average Bonchev–Trinajstić information content (AvgIpc) is 3.18. The van der Waals surface area contributed by atoms with Crippen LogP contribution in [-0.4, -0.2) is 80.1 Å². The van der Waals surface area contributed by atoms with Gasteiger partial charge in [0.15, 0.2) is 10.8 Å². The lowest BCUT2D eigenvalue weighted by Gasteiger charge is -2.49. The molecule has 0 spiro atoms. The van der Waals surface area contributed by atoms with Crippen molar-refractivity contribution in [1.82, 2.24) is 15.2 Å². The molecule has 1 aromatic heterocycles. The zero-order chi connectivity index (χ0) is 25.2. The summed E-state index contributed by atoms with van der Waals surface area (Å²) < 4.78 is 5.13. The fraction of sp³-hybridized carbons (Fsp3) is 0.474. The molecule has 34 heavy (non-hydrogen) atoms. The van der Waals surface area contributed by atoms with Crippen molar-refractivity contribution in [2.75, 3.05) is 24.3 Å². The van der Waals surface area contributed by atoms with Gasteiger partial charge in [0.25, 0.3) is 11.8 Å². The summed E-state index contributed by atoms with van der Waals surface area (Å²) in [6, 6.07) is -0.970. The van der Waals surface area contributed by atoms with E-state index >= 15 is 0 Å². The second kappa shape index (κ2) is 10.2. The van der Waals surface area contributed by atoms with Crippen molar-refractivity contribution in [2.45, 2.75) is 37.8 Å². The van der Waals surface area contributed by atoms with Crippen molar-refractivity contribution < 1.29 is 33.9 Å². The Morgan fingerprint density at radius 1 is 1.41 bits per heavy atom. The Morgan fingerprint density at radius 2 is 2.12 bits per heavy atom. The van der Waals surface area contributed by atoms with Gasteiger partial charge in [0.1, 0.15) is 28.4 Å². The fourth-order valence-corrected chi connectivity index (χ4v) is 5.87. The van der Waals surface area contributed by atoms with E-state index in [1.807, 2.05) is 0 Å². The lowest BCUT2D eigenvalue weighted by Crippen LogP contribution is -2.71. The number of aromatic nitrogens is 1. The molecule has 1 saturated heterocycles. The van der Waals surface area contributed by atoms with E-state index < -0.39 is 47.4 Å². The maximum absolute atomic E-state index is 13.0. The predicted octanol–water partition coefficient (Wildman–Crippen LogP) is 0.847. The van der Waals surface area contributed by atoms with E-state index in [0.29, 0.717) is 10.7 Å². The summed E-state index contributed by atoms with van der Waals surface area (Å²) in [4.78, 5) is 60.1. The number of oxime groups is 1. The summed E-state index contributed by atoms with van der Waals surface area (Å²) in [5, 5.41) is 16.9. The van der Waals surface area contributed by atoms with E-state index in [2.05, 4.69) is 15.5 Å². The van der Waals surface area contributed by atoms with Gasteiger partial charge >= 0.3 is 11.9 Å². The number of anilines is 1. The SMILES string of the molecule is CSC1=C(C(=O)O)N2C(=O)C(NC(=O)C(=NOCC(=O)OC(C)(C)C)c3csc(N)n3)[C@@H]2SC1. The van der Waals surface area contributed by atoms with Gasteiger partial charge in [-0.2, -0.15) is 0 Å². The van der Waals surface area contributed by atoms with Crippen LogP contribution < -0.4 is 11.1 Å². The molecule has 1 fully saturated rings. The summed E-state index contributed by atoms with van der Waals surface area (Å²) in [5.74, 6) is -2.84. The second-order valence-corrected chi connectivity index (χ2v) is 10.9. The Morgan fingerprint density at radius 3 is 2.68 bits per heavy atom. The van der Waals surface area contributed by atoms with Crippen LogP contribution in [0.15, 0.2) is 21.1 Å². The van der Waals surface area contributed by atoms with Gasteiger partial charge in [-0.05, 0) is 27.0 Å². The largest absolute Gasteiger partial charge is 0.477 e. The standard InChI is InChI=1S/C19H23N5O7S3/c1-19(2,3)31-10(25)5-30-23-11(8-6-34-18(20)21-8)14(26)22-12-15(27)24-13(17(28)29)9(32-4)7-33-16(12)24/h6,12,16H,5,7H2,1-4H3,(H2,20,21)(H,22,26)(H,28,29)/t12?,16-/m0/s1. The van der Waals surface area contributed by atoms with Crippen molar-refractivity contribution in [3.63, 3.8) is 0 Å². The van der Waals surface area contributed by atoms with Crippen molar-refractivity contribution in [3.05, 3.63) is 21.7 Å². The molecule has 184 valence electrons. The van der Waals surface area contributed by atoms with E-state index in [9.17, 15) is 24.3 Å². The molecule has 2 atom stereocenters. The third kappa shape index (κ3) is 5.64. The molecule has 2 aliphatic heterocycles. The highest BCUT2D eigenvalue weighted by Crippen LogP contribution is 2.42. The van der Waals surface area contributed by atoms with Gasteiger partial charge in [-0.1, -0.05) is 5.16 Å². The number of nitrogen functional groups attached to an aromatic ring is 1. The Balaban J connectivity index is 1.74. The number of esters is 1. The first kappa shape index (κ1) is 25.8. The zero-order valence-corrected chi connectivity index (χ0v) is 21.1. The molecular formula is C19H23N5O7S3. The number of carboxylic acid groups (broad SMARTS) is 1. The number of nitrogens with one attached hydrogen (secondary N) is 1. The molecule has 12 nitrogen and oxygen atoms in total. The summed E-state index contributed by atoms with van der Waals surface area (Å²) in [6.07, 6.45) is 1.74. The number of rotatable bonds is 8. The minimum atomic E-state index is -1.21. The zero-order valence-electron chi connectivity index (χ0n) is 18.7. The third-order valence-corrected chi connectivity index (χ3v) is 7.37. The van der Waals surface area contributed by atoms with Gasteiger partial charge in [0.2, 0.25) is 6.61 Å². The maximum atomic E-state index is 13.0. The van der Waals surface area contributed by atoms with Crippen LogP contribution >= 0.6 is 34.9 Å². The van der Waals surface area contributed by atoms with Gasteiger partial charge < -0.3 is 25.7 Å². The lowest BCUT2D eigenvalue weighted by atomic mass is 10.0. The van der Waals surface area contributed by atoms with E-state index in [1.54, 1.807) is 27.0 Å². The fourth-order valence-electron chi connectivity index (χ4n) is 3.08. The van der Waals surface area contributed by atoms with E-state index in [4.69, 9.17) is 15.3 Å². The van der Waals surface area contributed by atoms with Crippen LogP contribution in [0.1, 0.15) is 26.5 Å². The summed E-state index contributed by atoms with van der Waals surface area (Å²) in [6.45, 7) is 4.54. The molecule has 0 aliphatic carbocycles. The number of nitrogens with zero attached hydrogens (tertiary/aromatic N) is 3. The van der Waals surface area contributed by atoms with Crippen LogP contribution in [0.5, 0.6) is 0 Å². The summed E-state index contributed by atoms with van der Waals surface area (Å²) in [7, 11) is 0. The molecule has 1 aromatic rings. The Kier molecular flexibility index (Phi) is 7.77. The number of thioether (sulfide) groups is 2. The highest BCUT2D eigenvalue weighted by Gasteiger charge is 2.54. The number of aliphatic carboxylic acids is 1. The van der Waals surface area contributed by atoms with Gasteiger partial charge in [-0.15, -0.1) is 34.9 Å². The van der Waals surface area contributed by atoms with Crippen LogP contribution in [0.2, 0.25) is 0 Å². The van der Waals surface area contributed by atoms with Crippen LogP contribution in [0.4, 0.5) is 5.13 Å². The highest BCUT2D eigenvalue weighted by molar-refractivity contribution is 8.05. The van der Waals surface area contributed by atoms with Crippen molar-refractivity contribution in [1.29, 1.82) is 0 Å². The highest BCUT2D eigenvalue weighted by atomic mass is 32.2. The molecular weight excluding hydrogens is 506 g/mol. The Labute approximate surface area is 207 Å². The molecule has 0 aromatic carbocycles. The first-order valence-electron chi connectivity index (χ1n) is 9.82. The number of hydrogen-bond acceptors (Lipinski definition) is 12. The molecule has 0 radical (unpaired) electrons. The van der Waals surface area contributed by atoms with Gasteiger partial charge in [-0.3, -0.25) is 14.5 Å². The monoisotopic (exact) mass is 529 g/mol. The summed E-state index contributed by atoms with van der Waals surface area (Å²) in [5.41, 5.74) is 4.67. The Bertz CT molecular complexity index is 1080. The normalized spacial score (nSPS) is 20.4. The molecule has 0 bridgehead atoms. The topological polar surface area (TPSA) is 174 Å². The van der Waals surface area contributed by atoms with Crippen molar-refractivity contribution in [2.24, 2.45) is 5.16 Å². The minimum Gasteiger partial charge on any atom is -0.477 e. The minimum absolute atomic E-state index is 0.0754. The molecule has 3 heterocycles. The first-order chi connectivity index (χ1) is 15.9. The molecule has 0 saturated carbocycles. The molecule has 2 aliphatic rings. The molecule has 4 N–H and O–H groups in total. The van der Waals surface area contributed by atoms with Gasteiger partial charge in [-0.25, -0.2) is 14.6 Å². The summed E-state index contributed by atoms with van der Waals surface area (Å²) >= 11 is 3.67. The van der Waals surface area contributed by atoms with Gasteiger partial charge in [0.05, 0.1) is 0 Å². The molecule has 2 amide bonds. The number of β-lactam (4-membered cyclic amide) rings is 1. The van der Waals surface area contributed by atoms with E-state index in [1.165, 1.54) is 33.8 Å². The van der Waals surface area contributed by atoms with Crippen LogP contribution in [0.25, 0.3) is 0 Å². The van der Waals surface area contributed by atoms with E-state index in [0.717, 1.165) is 11.3 Å². The van der Waals surface area contributed by atoms with Crippen LogP contribution in [0.3, 0.4) is 0 Å². The van der Waals surface area contributed by atoms with Gasteiger partial charge in [0, 0.05) is 16.0 Å². The number of hydrogen-bond donors (Lipinski definition) is 3. The second-order valence-electron chi connectivity index (χ2n) is 8.01. The van der Waals surface area contributed by atoms with Crippen molar-refractivity contribution in [3.8, 4) is 0 Å². The number of thiazole rings is 1. The van der Waals surface area contributed by atoms with Crippen LogP contribution in [0, 0.1) is 0 Å². The maximum Gasteiger partial charge on any atom is 0.353 e. The molecule has 3 rings (SSSR count). The average molecular weight is 530 g/mol. The predicted molar refractivity (Wildman–Crippen MR) is 128 cm³/mol. The van der Waals surface area contributed by atoms with E-state index in [-0.39, 0.29) is 22.2 Å². The van der Waals surface area contributed by atoms with Crippen molar-refractivity contribution >= 4 is 69.5 Å². The number of carbonyl (C=O) groups is 4. The number of carboxylic acids is 1. The number of carbonyl (C=O) groups excluding carboxylic acids is 3. The quantitative estimate of drug-likeness (QED) is 0.188. The smallest absolute Gasteiger partial charge is 0.353 e. The number of nitrogens with two attached hydrogens (primary N) is 1. The Hall–Kier alpha value is -2.78.